The molecule has 1 aromatic carbocycles. The number of fused-ring (bicyclic) bond motifs is 1. The second-order valence-corrected chi connectivity index (χ2v) is 6.88. The Hall–Kier alpha value is -2.23. The molecule has 0 bridgehead atoms. The van der Waals surface area contributed by atoms with Gasteiger partial charge in [-0.05, 0) is 43.4 Å². The van der Waals surface area contributed by atoms with Crippen LogP contribution in [0.1, 0.15) is 60.2 Å². The van der Waals surface area contributed by atoms with Gasteiger partial charge in [0.2, 0.25) is 5.76 Å². The van der Waals surface area contributed by atoms with Gasteiger partial charge >= 0.3 is 5.97 Å². The van der Waals surface area contributed by atoms with Gasteiger partial charge in [0.1, 0.15) is 11.5 Å². The average molecular weight is 328 g/mol. The molecule has 4 heteroatoms. The molecule has 2 heterocycles. The van der Waals surface area contributed by atoms with Gasteiger partial charge < -0.3 is 13.9 Å². The molecule has 128 valence electrons. The maximum Gasteiger partial charge on any atom is 0.374 e. The molecule has 3 rings (SSSR count). The predicted octanol–water partition coefficient (Wildman–Crippen LogP) is 4.42. The van der Waals surface area contributed by atoms with Crippen molar-refractivity contribution in [3.05, 3.63) is 52.5 Å². The van der Waals surface area contributed by atoms with Gasteiger partial charge in [0.05, 0.1) is 13.2 Å². The number of ether oxygens (including phenoxy) is 2. The first-order valence-corrected chi connectivity index (χ1v) is 8.44. The molecule has 0 saturated carbocycles. The van der Waals surface area contributed by atoms with E-state index >= 15 is 0 Å². The van der Waals surface area contributed by atoms with Crippen molar-refractivity contribution in [1.29, 1.82) is 0 Å². The van der Waals surface area contributed by atoms with Crippen molar-refractivity contribution >= 4 is 5.97 Å². The van der Waals surface area contributed by atoms with Crippen LogP contribution in [0.2, 0.25) is 0 Å². The lowest BCUT2D eigenvalue weighted by Crippen LogP contribution is -2.27. The zero-order valence-electron chi connectivity index (χ0n) is 14.8. The monoisotopic (exact) mass is 328 g/mol. The quantitative estimate of drug-likeness (QED) is 0.780. The van der Waals surface area contributed by atoms with Crippen molar-refractivity contribution in [3.63, 3.8) is 0 Å². The molecule has 0 saturated heterocycles. The molecule has 0 unspecified atom stereocenters. The summed E-state index contributed by atoms with van der Waals surface area (Å²) in [6, 6.07) is 7.81. The molecule has 4 nitrogen and oxygen atoms in total. The molecule has 0 aliphatic carbocycles. The third-order valence-electron chi connectivity index (χ3n) is 4.69. The minimum atomic E-state index is -0.423. The molecule has 0 N–H and O–H groups in total. The molecule has 1 aliphatic heterocycles. The molecular formula is C20H24O4. The van der Waals surface area contributed by atoms with E-state index in [0.717, 1.165) is 30.1 Å². The van der Waals surface area contributed by atoms with E-state index in [1.54, 1.807) is 13.0 Å². The highest BCUT2D eigenvalue weighted by atomic mass is 16.5. The van der Waals surface area contributed by atoms with Crippen molar-refractivity contribution in [3.8, 4) is 5.75 Å². The second kappa shape index (κ2) is 6.34. The maximum atomic E-state index is 11.8. The molecule has 1 aliphatic rings. The number of hydrogen-bond acceptors (Lipinski definition) is 4. The summed E-state index contributed by atoms with van der Waals surface area (Å²) in [7, 11) is 0. The standard InChI is InChI=1S/C20H24O4/c1-5-22-19(21)17-9-7-14(24-17)12-15-13(2)6-8-16-18(15)23-11-10-20(16,3)4/h6-9H,5,10-12H2,1-4H3. The highest BCUT2D eigenvalue weighted by Gasteiger charge is 2.31. The highest BCUT2D eigenvalue weighted by molar-refractivity contribution is 5.86. The van der Waals surface area contributed by atoms with E-state index in [1.807, 2.05) is 6.07 Å². The lowest BCUT2D eigenvalue weighted by atomic mass is 9.78. The number of carbonyl (C=O) groups excluding carboxylic acids is 1. The van der Waals surface area contributed by atoms with Crippen LogP contribution in [0.5, 0.6) is 5.75 Å². The normalized spacial score (nSPS) is 15.5. The van der Waals surface area contributed by atoms with Crippen LogP contribution in [0, 0.1) is 6.92 Å². The third kappa shape index (κ3) is 3.05. The van der Waals surface area contributed by atoms with Crippen LogP contribution < -0.4 is 4.74 Å². The van der Waals surface area contributed by atoms with E-state index in [1.165, 1.54) is 11.1 Å². The minimum absolute atomic E-state index is 0.106. The zero-order valence-corrected chi connectivity index (χ0v) is 14.8. The summed E-state index contributed by atoms with van der Waals surface area (Å²) < 4.78 is 16.6. The molecule has 24 heavy (non-hydrogen) atoms. The van der Waals surface area contributed by atoms with Gasteiger partial charge in [-0.3, -0.25) is 0 Å². The summed E-state index contributed by atoms with van der Waals surface area (Å²) in [6.07, 6.45) is 1.61. The van der Waals surface area contributed by atoms with Crippen molar-refractivity contribution < 1.29 is 18.7 Å². The van der Waals surface area contributed by atoms with Gasteiger partial charge in [0.15, 0.2) is 0 Å². The van der Waals surface area contributed by atoms with Crippen molar-refractivity contribution in [2.24, 2.45) is 0 Å². The summed E-state index contributed by atoms with van der Waals surface area (Å²) in [6.45, 7) is 9.42. The fraction of sp³-hybridized carbons (Fsp3) is 0.450. The fourth-order valence-corrected chi connectivity index (χ4v) is 3.15. The third-order valence-corrected chi connectivity index (χ3v) is 4.69. The first-order chi connectivity index (χ1) is 11.4. The Labute approximate surface area is 142 Å². The van der Waals surface area contributed by atoms with Crippen molar-refractivity contribution in [2.75, 3.05) is 13.2 Å². The van der Waals surface area contributed by atoms with Gasteiger partial charge in [-0.25, -0.2) is 4.79 Å². The van der Waals surface area contributed by atoms with Crippen molar-refractivity contribution in [2.45, 2.75) is 46.0 Å². The van der Waals surface area contributed by atoms with Crippen LogP contribution in [-0.4, -0.2) is 19.2 Å². The summed E-state index contributed by atoms with van der Waals surface area (Å²) in [5, 5.41) is 0. The van der Waals surface area contributed by atoms with Crippen LogP contribution >= 0.6 is 0 Å². The van der Waals surface area contributed by atoms with E-state index in [4.69, 9.17) is 13.9 Å². The van der Waals surface area contributed by atoms with Crippen LogP contribution in [0.25, 0.3) is 0 Å². The summed E-state index contributed by atoms with van der Waals surface area (Å²) in [5.41, 5.74) is 3.65. The van der Waals surface area contributed by atoms with E-state index in [0.29, 0.717) is 13.0 Å². The topological polar surface area (TPSA) is 48.7 Å². The van der Waals surface area contributed by atoms with Gasteiger partial charge in [-0.15, -0.1) is 0 Å². The Morgan fingerprint density at radius 1 is 1.25 bits per heavy atom. The summed E-state index contributed by atoms with van der Waals surface area (Å²) in [5.74, 6) is 1.53. The highest BCUT2D eigenvalue weighted by Crippen LogP contribution is 2.42. The first kappa shape index (κ1) is 16.6. The average Bonchev–Trinajstić information content (AvgIpc) is 2.99. The maximum absolute atomic E-state index is 11.8. The lowest BCUT2D eigenvalue weighted by molar-refractivity contribution is 0.0488. The van der Waals surface area contributed by atoms with Crippen LogP contribution in [-0.2, 0) is 16.6 Å². The number of carbonyl (C=O) groups is 1. The number of furan rings is 1. The number of benzene rings is 1. The molecule has 1 aromatic heterocycles. The second-order valence-electron chi connectivity index (χ2n) is 6.88. The van der Waals surface area contributed by atoms with E-state index < -0.39 is 5.97 Å². The zero-order chi connectivity index (χ0) is 17.3. The SMILES string of the molecule is CCOC(=O)c1ccc(Cc2c(C)ccc3c2OCCC3(C)C)o1. The Balaban J connectivity index is 1.92. The lowest BCUT2D eigenvalue weighted by Gasteiger charge is -2.34. The molecule has 0 amide bonds. The Bertz CT molecular complexity index is 755. The molecule has 0 atom stereocenters. The van der Waals surface area contributed by atoms with Crippen LogP contribution in [0.3, 0.4) is 0 Å². The van der Waals surface area contributed by atoms with E-state index in [-0.39, 0.29) is 11.2 Å². The minimum Gasteiger partial charge on any atom is -0.493 e. The van der Waals surface area contributed by atoms with Gasteiger partial charge in [-0.1, -0.05) is 26.0 Å². The number of rotatable bonds is 4. The Morgan fingerprint density at radius 2 is 2.04 bits per heavy atom. The predicted molar refractivity (Wildman–Crippen MR) is 91.8 cm³/mol. The largest absolute Gasteiger partial charge is 0.493 e. The number of hydrogen-bond donors (Lipinski definition) is 0. The van der Waals surface area contributed by atoms with Gasteiger partial charge in [-0.2, -0.15) is 0 Å². The Kier molecular flexibility index (Phi) is 4.39. The first-order valence-electron chi connectivity index (χ1n) is 8.44. The van der Waals surface area contributed by atoms with Crippen LogP contribution in [0.4, 0.5) is 0 Å². The fourth-order valence-electron chi connectivity index (χ4n) is 3.15. The van der Waals surface area contributed by atoms with E-state index in [9.17, 15) is 4.79 Å². The molecular weight excluding hydrogens is 304 g/mol. The number of esters is 1. The summed E-state index contributed by atoms with van der Waals surface area (Å²) >= 11 is 0. The molecule has 0 radical (unpaired) electrons. The summed E-state index contributed by atoms with van der Waals surface area (Å²) in [4.78, 5) is 11.8. The molecule has 0 fully saturated rings. The van der Waals surface area contributed by atoms with E-state index in [2.05, 4.69) is 32.9 Å². The molecule has 2 aromatic rings. The van der Waals surface area contributed by atoms with Gasteiger partial charge in [0, 0.05) is 17.5 Å². The number of aryl methyl sites for hydroxylation is 1. The molecule has 0 spiro atoms. The smallest absolute Gasteiger partial charge is 0.374 e. The van der Waals surface area contributed by atoms with Gasteiger partial charge in [0.25, 0.3) is 0 Å². The van der Waals surface area contributed by atoms with Crippen molar-refractivity contribution in [1.82, 2.24) is 0 Å². The Morgan fingerprint density at radius 3 is 2.79 bits per heavy atom. The van der Waals surface area contributed by atoms with Crippen LogP contribution in [0.15, 0.2) is 28.7 Å².